The van der Waals surface area contributed by atoms with Crippen molar-refractivity contribution in [1.82, 2.24) is 0 Å². The van der Waals surface area contributed by atoms with Gasteiger partial charge in [0.15, 0.2) is 14.1 Å². The first-order valence-corrected chi connectivity index (χ1v) is 15.2. The van der Waals surface area contributed by atoms with E-state index in [-0.39, 0.29) is 33.2 Å². The van der Waals surface area contributed by atoms with Crippen LogP contribution in [0.1, 0.15) is 80.1 Å². The number of rotatable bonds is 2. The smallest absolute Gasteiger partial charge is 0.192 e. The summed E-state index contributed by atoms with van der Waals surface area (Å²) in [5.41, 5.74) is 1.33. The van der Waals surface area contributed by atoms with Crippen LogP contribution in [0.25, 0.3) is 0 Å². The van der Waals surface area contributed by atoms with E-state index in [0.29, 0.717) is 11.8 Å². The van der Waals surface area contributed by atoms with Crippen LogP contribution < -0.4 is 0 Å². The van der Waals surface area contributed by atoms with Gasteiger partial charge in [-0.15, -0.1) is 0 Å². The van der Waals surface area contributed by atoms with E-state index in [0.717, 1.165) is 32.1 Å². The fraction of sp³-hybridized carbons (Fsp3) is 0.885. The fourth-order valence-corrected chi connectivity index (χ4v) is 10.3. The zero-order valence-electron chi connectivity index (χ0n) is 20.4. The quantitative estimate of drug-likeness (QED) is 0.439. The maximum atomic E-state index is 13.3. The van der Waals surface area contributed by atoms with E-state index in [1.165, 1.54) is 12.0 Å². The van der Waals surface area contributed by atoms with Crippen molar-refractivity contribution in [2.75, 3.05) is 0 Å². The average Bonchev–Trinajstić information content (AvgIpc) is 3.21. The Kier molecular flexibility index (Phi) is 4.08. The van der Waals surface area contributed by atoms with Crippen LogP contribution in [-0.4, -0.2) is 30.9 Å². The van der Waals surface area contributed by atoms with E-state index in [4.69, 9.17) is 4.43 Å². The topological polar surface area (TPSA) is 46.5 Å². The summed E-state index contributed by atoms with van der Waals surface area (Å²) in [6.45, 7) is 19.0. The number of hydrogen-bond acceptors (Lipinski definition) is 3. The predicted molar refractivity (Wildman–Crippen MR) is 123 cm³/mol. The summed E-state index contributed by atoms with van der Waals surface area (Å²) in [4.78, 5) is 13.3. The van der Waals surface area contributed by atoms with Gasteiger partial charge in [-0.3, -0.25) is 4.79 Å². The Labute approximate surface area is 184 Å². The number of fused-ring (bicyclic) bond motifs is 4. The molecule has 0 aromatic carbocycles. The Morgan fingerprint density at radius 2 is 1.80 bits per heavy atom. The zero-order valence-corrected chi connectivity index (χ0v) is 21.4. The highest BCUT2D eigenvalue weighted by molar-refractivity contribution is 6.74. The molecule has 4 saturated carbocycles. The molecule has 8 atom stereocenters. The second-order valence-electron chi connectivity index (χ2n) is 13.7. The SMILES string of the molecule is CC1=C[C@]23CC[C@@H]4[C@](C)(CC[C@@]5(O[Si](C)(C)C(C)(C)C)C[C@@]45C)[C@H]2C[C@H]1C(O)C3=O. The molecule has 0 aromatic rings. The van der Waals surface area contributed by atoms with Gasteiger partial charge < -0.3 is 9.53 Å². The van der Waals surface area contributed by atoms with Crippen LogP contribution in [0.3, 0.4) is 0 Å². The molecule has 0 heterocycles. The second kappa shape index (κ2) is 5.72. The number of hydrogen-bond donors (Lipinski definition) is 1. The molecule has 3 nitrogen and oxygen atoms in total. The molecule has 0 radical (unpaired) electrons. The number of carbonyl (C=O) groups excluding carboxylic acids is 1. The van der Waals surface area contributed by atoms with Gasteiger partial charge in [0, 0.05) is 11.3 Å². The molecule has 1 unspecified atom stereocenters. The molecule has 0 amide bonds. The van der Waals surface area contributed by atoms with Gasteiger partial charge in [0.2, 0.25) is 0 Å². The van der Waals surface area contributed by atoms with Gasteiger partial charge in [0.05, 0.1) is 11.0 Å². The number of aliphatic hydroxyl groups excluding tert-OH is 1. The lowest BCUT2D eigenvalue weighted by atomic mass is 9.39. The molecule has 1 spiro atoms. The van der Waals surface area contributed by atoms with Crippen molar-refractivity contribution in [3.8, 4) is 0 Å². The van der Waals surface area contributed by atoms with Gasteiger partial charge in [-0.2, -0.15) is 0 Å². The van der Waals surface area contributed by atoms with Gasteiger partial charge in [-0.05, 0) is 80.8 Å². The third kappa shape index (κ3) is 2.32. The molecule has 6 aliphatic carbocycles. The minimum atomic E-state index is -1.83. The Balaban J connectivity index is 1.49. The molecular weight excluding hydrogens is 388 g/mol. The van der Waals surface area contributed by atoms with E-state index in [2.05, 4.69) is 60.7 Å². The molecule has 0 aliphatic heterocycles. The third-order valence-electron chi connectivity index (χ3n) is 11.4. The Bertz CT molecular complexity index is 840. The highest BCUT2D eigenvalue weighted by Gasteiger charge is 2.78. The second-order valence-corrected chi connectivity index (χ2v) is 18.4. The highest BCUT2D eigenvalue weighted by Crippen LogP contribution is 2.79. The van der Waals surface area contributed by atoms with Crippen LogP contribution in [-0.2, 0) is 9.22 Å². The van der Waals surface area contributed by atoms with Crippen LogP contribution in [0.4, 0.5) is 0 Å². The third-order valence-corrected chi connectivity index (χ3v) is 15.9. The lowest BCUT2D eigenvalue weighted by Crippen LogP contribution is -2.65. The number of Topliss-reactive ketones (excluding diaryl/α,β-unsaturated/α-hetero) is 1. The Hall–Kier alpha value is -0.453. The first kappa shape index (κ1) is 21.4. The first-order chi connectivity index (χ1) is 13.6. The van der Waals surface area contributed by atoms with E-state index in [1.54, 1.807) is 0 Å². The van der Waals surface area contributed by atoms with Gasteiger partial charge in [-0.25, -0.2) is 0 Å². The monoisotopic (exact) mass is 430 g/mol. The zero-order chi connectivity index (χ0) is 22.1. The van der Waals surface area contributed by atoms with Crippen molar-refractivity contribution in [3.63, 3.8) is 0 Å². The molecule has 4 heteroatoms. The van der Waals surface area contributed by atoms with Crippen molar-refractivity contribution in [2.24, 2.45) is 34.0 Å². The number of aliphatic hydroxyl groups is 1. The van der Waals surface area contributed by atoms with E-state index in [1.807, 2.05) is 0 Å². The van der Waals surface area contributed by atoms with Crippen molar-refractivity contribution in [3.05, 3.63) is 11.6 Å². The summed E-state index contributed by atoms with van der Waals surface area (Å²) in [6.07, 6.45) is 8.04. The first-order valence-electron chi connectivity index (χ1n) is 12.3. The summed E-state index contributed by atoms with van der Waals surface area (Å²) in [5, 5.41) is 10.9. The summed E-state index contributed by atoms with van der Waals surface area (Å²) >= 11 is 0. The fourth-order valence-electron chi connectivity index (χ4n) is 8.60. The van der Waals surface area contributed by atoms with Gasteiger partial charge in [0.1, 0.15) is 6.10 Å². The van der Waals surface area contributed by atoms with Crippen LogP contribution >= 0.6 is 0 Å². The van der Waals surface area contributed by atoms with Crippen molar-refractivity contribution < 1.29 is 14.3 Å². The average molecular weight is 431 g/mol. The van der Waals surface area contributed by atoms with Crippen molar-refractivity contribution >= 4 is 14.1 Å². The van der Waals surface area contributed by atoms with E-state index >= 15 is 0 Å². The maximum absolute atomic E-state index is 13.3. The van der Waals surface area contributed by atoms with Crippen molar-refractivity contribution in [1.29, 1.82) is 0 Å². The molecule has 168 valence electrons. The molecule has 0 aromatic heterocycles. The molecule has 2 bridgehead atoms. The predicted octanol–water partition coefficient (Wildman–Crippen LogP) is 5.88. The number of carbonyl (C=O) groups is 1. The van der Waals surface area contributed by atoms with Gasteiger partial charge in [-0.1, -0.05) is 46.3 Å². The molecule has 1 N–H and O–H groups in total. The summed E-state index contributed by atoms with van der Waals surface area (Å²) in [5.74, 6) is 1.18. The normalized spacial score (nSPS) is 52.3. The summed E-state index contributed by atoms with van der Waals surface area (Å²) in [6, 6.07) is 0. The van der Waals surface area contributed by atoms with Gasteiger partial charge >= 0.3 is 0 Å². The number of allylic oxidation sites excluding steroid dienone is 1. The minimum Gasteiger partial charge on any atom is -0.411 e. The maximum Gasteiger partial charge on any atom is 0.192 e. The molecular formula is C26H42O3Si. The van der Waals surface area contributed by atoms with E-state index < -0.39 is 19.8 Å². The molecule has 6 rings (SSSR count). The van der Waals surface area contributed by atoms with Crippen molar-refractivity contribution in [2.45, 2.75) is 110 Å². The van der Waals surface area contributed by atoms with Gasteiger partial charge in [0.25, 0.3) is 0 Å². The lowest BCUT2D eigenvalue weighted by molar-refractivity contribution is -0.179. The highest BCUT2D eigenvalue weighted by atomic mass is 28.4. The van der Waals surface area contributed by atoms with Crippen LogP contribution in [0.15, 0.2) is 11.6 Å². The molecule has 4 fully saturated rings. The van der Waals surface area contributed by atoms with Crippen LogP contribution in [0, 0.1) is 34.0 Å². The molecule has 0 saturated heterocycles. The Morgan fingerprint density at radius 1 is 1.13 bits per heavy atom. The summed E-state index contributed by atoms with van der Waals surface area (Å²) < 4.78 is 7.17. The molecule has 30 heavy (non-hydrogen) atoms. The lowest BCUT2D eigenvalue weighted by Gasteiger charge is -2.65. The number of ketones is 1. The summed E-state index contributed by atoms with van der Waals surface area (Å²) in [7, 11) is -1.83. The molecule has 6 aliphatic rings. The largest absolute Gasteiger partial charge is 0.411 e. The van der Waals surface area contributed by atoms with Crippen LogP contribution in [0.2, 0.25) is 18.1 Å². The van der Waals surface area contributed by atoms with E-state index in [9.17, 15) is 9.90 Å². The van der Waals surface area contributed by atoms with Crippen LogP contribution in [0.5, 0.6) is 0 Å². The Morgan fingerprint density at radius 3 is 2.43 bits per heavy atom. The standard InChI is InChI=1S/C26H42O3Si/c1-16-14-25-10-9-18-23(5,19(25)13-17(16)20(27)21(25)28)11-12-26(15-24(18,26)6)29-30(7,8)22(2,3)4/h14,17-20,27H,9-13,15H2,1-8H3/t17-,18-,19-,20?,23+,24+,25-,26-/m1/s1. The minimum absolute atomic E-state index is 0.0436.